The molecule has 0 saturated carbocycles. The van der Waals surface area contributed by atoms with Gasteiger partial charge < -0.3 is 19.4 Å². The molecule has 0 fully saturated rings. The van der Waals surface area contributed by atoms with Crippen LogP contribution in [0.2, 0.25) is 0 Å². The van der Waals surface area contributed by atoms with Crippen molar-refractivity contribution >= 4 is 17.8 Å². The van der Waals surface area contributed by atoms with Crippen LogP contribution in [-0.2, 0) is 14.3 Å². The van der Waals surface area contributed by atoms with Gasteiger partial charge in [0, 0.05) is 20.0 Å². The number of furan rings is 1. The van der Waals surface area contributed by atoms with Gasteiger partial charge in [0.15, 0.2) is 0 Å². The molecule has 0 aliphatic rings. The van der Waals surface area contributed by atoms with E-state index in [0.717, 1.165) is 0 Å². The Balaban J connectivity index is 2.33. The number of hydrogen-bond acceptors (Lipinski definition) is 5. The lowest BCUT2D eigenvalue weighted by Gasteiger charge is -2.20. The number of rotatable bonds is 7. The Bertz CT molecular complexity index is 628. The van der Waals surface area contributed by atoms with Crippen molar-refractivity contribution in [1.29, 1.82) is 0 Å². The minimum atomic E-state index is -0.507. The Kier molecular flexibility index (Phi) is 7.21. The molecule has 0 spiro atoms. The fraction of sp³-hybridized carbons (Fsp3) is 0.611. The Hall–Kier alpha value is -2.31. The quantitative estimate of drug-likeness (QED) is 0.760. The van der Waals surface area contributed by atoms with E-state index in [2.05, 4.69) is 5.32 Å². The van der Waals surface area contributed by atoms with Crippen molar-refractivity contribution in [3.05, 3.63) is 23.2 Å². The second-order valence-electron chi connectivity index (χ2n) is 7.01. The minimum Gasteiger partial charge on any atom is -0.466 e. The topological polar surface area (TPSA) is 88.9 Å². The zero-order valence-electron chi connectivity index (χ0n) is 15.9. The molecule has 1 heterocycles. The van der Waals surface area contributed by atoms with Gasteiger partial charge in [-0.2, -0.15) is 0 Å². The number of carbonyl (C=O) groups is 3. The summed E-state index contributed by atoms with van der Waals surface area (Å²) in [5.74, 6) is 0.314. The van der Waals surface area contributed by atoms with Crippen molar-refractivity contribution < 1.29 is 23.5 Å². The summed E-state index contributed by atoms with van der Waals surface area (Å²) in [7, 11) is 1.64. The molecule has 0 atom stereocenters. The molecule has 140 valence electrons. The third-order valence-corrected chi connectivity index (χ3v) is 3.41. The first-order valence-electron chi connectivity index (χ1n) is 8.30. The zero-order chi connectivity index (χ0) is 19.2. The van der Waals surface area contributed by atoms with Crippen LogP contribution in [0.1, 0.15) is 55.5 Å². The van der Waals surface area contributed by atoms with Crippen LogP contribution in [0.4, 0.5) is 0 Å². The maximum atomic E-state index is 12.0. The number of nitrogens with zero attached hydrogens (tertiary/aromatic N) is 1. The molecule has 1 N–H and O–H groups in total. The van der Waals surface area contributed by atoms with E-state index in [1.54, 1.807) is 27.0 Å². The molecule has 1 aromatic heterocycles. The van der Waals surface area contributed by atoms with Gasteiger partial charge in [-0.3, -0.25) is 14.4 Å². The van der Waals surface area contributed by atoms with E-state index in [-0.39, 0.29) is 30.7 Å². The molecule has 0 aliphatic heterocycles. The van der Waals surface area contributed by atoms with Crippen molar-refractivity contribution in [3.8, 4) is 0 Å². The van der Waals surface area contributed by atoms with Gasteiger partial charge in [-0.25, -0.2) is 0 Å². The molecule has 0 unspecified atom stereocenters. The number of amides is 2. The molecular weight excluding hydrogens is 324 g/mol. The Morgan fingerprint density at radius 1 is 1.24 bits per heavy atom. The lowest BCUT2D eigenvalue weighted by molar-refractivity contribution is -0.155. The molecule has 7 heteroatoms. The van der Waals surface area contributed by atoms with Gasteiger partial charge in [-0.05, 0) is 47.1 Å². The van der Waals surface area contributed by atoms with Gasteiger partial charge in [0.2, 0.25) is 5.91 Å². The number of esters is 1. The molecule has 25 heavy (non-hydrogen) atoms. The Morgan fingerprint density at radius 2 is 1.88 bits per heavy atom. The highest BCUT2D eigenvalue weighted by atomic mass is 16.6. The van der Waals surface area contributed by atoms with Crippen LogP contribution in [0.15, 0.2) is 10.5 Å². The summed E-state index contributed by atoms with van der Waals surface area (Å²) in [6.45, 7) is 9.20. The molecule has 0 aromatic carbocycles. The molecule has 0 bridgehead atoms. The van der Waals surface area contributed by atoms with E-state index < -0.39 is 5.60 Å². The first kappa shape index (κ1) is 20.7. The maximum Gasteiger partial charge on any atom is 0.306 e. The second-order valence-corrected chi connectivity index (χ2v) is 7.01. The average molecular weight is 352 g/mol. The molecule has 7 nitrogen and oxygen atoms in total. The molecular formula is C18H28N2O5. The Labute approximate surface area is 148 Å². The van der Waals surface area contributed by atoms with E-state index >= 15 is 0 Å². The van der Waals surface area contributed by atoms with Gasteiger partial charge in [-0.15, -0.1) is 0 Å². The van der Waals surface area contributed by atoms with Gasteiger partial charge in [0.25, 0.3) is 5.91 Å². The summed E-state index contributed by atoms with van der Waals surface area (Å²) in [6.07, 6.45) is 0.750. The molecule has 1 aromatic rings. The summed E-state index contributed by atoms with van der Waals surface area (Å²) < 4.78 is 10.5. The number of aryl methyl sites for hydroxylation is 2. The van der Waals surface area contributed by atoms with E-state index in [1.165, 1.54) is 4.90 Å². The zero-order valence-corrected chi connectivity index (χ0v) is 15.9. The van der Waals surface area contributed by atoms with Crippen LogP contribution in [-0.4, -0.2) is 48.4 Å². The summed E-state index contributed by atoms with van der Waals surface area (Å²) in [4.78, 5) is 37.2. The van der Waals surface area contributed by atoms with Gasteiger partial charge in [0.05, 0.1) is 12.1 Å². The number of likely N-dealkylation sites (N-methyl/N-ethyl adjacent to an activating group) is 1. The van der Waals surface area contributed by atoms with E-state index in [1.807, 2.05) is 20.8 Å². The molecule has 0 radical (unpaired) electrons. The highest BCUT2D eigenvalue weighted by Crippen LogP contribution is 2.13. The third kappa shape index (κ3) is 7.41. The predicted molar refractivity (Wildman–Crippen MR) is 93.2 cm³/mol. The van der Waals surface area contributed by atoms with Crippen LogP contribution in [0, 0.1) is 13.8 Å². The van der Waals surface area contributed by atoms with Crippen molar-refractivity contribution in [2.45, 2.75) is 53.1 Å². The summed E-state index contributed by atoms with van der Waals surface area (Å²) in [5.41, 5.74) is -0.0787. The van der Waals surface area contributed by atoms with Crippen LogP contribution in [0.5, 0.6) is 0 Å². The fourth-order valence-corrected chi connectivity index (χ4v) is 2.22. The molecule has 2 amide bonds. The lowest BCUT2D eigenvalue weighted by atomic mass is 10.2. The van der Waals surface area contributed by atoms with Crippen molar-refractivity contribution in [2.24, 2.45) is 0 Å². The molecule has 0 saturated heterocycles. The van der Waals surface area contributed by atoms with Crippen LogP contribution < -0.4 is 5.32 Å². The average Bonchev–Trinajstić information content (AvgIpc) is 2.81. The van der Waals surface area contributed by atoms with E-state index in [4.69, 9.17) is 9.15 Å². The van der Waals surface area contributed by atoms with Crippen LogP contribution in [0.25, 0.3) is 0 Å². The summed E-state index contributed by atoms with van der Waals surface area (Å²) in [5, 5.41) is 2.58. The Morgan fingerprint density at radius 3 is 2.40 bits per heavy atom. The fourth-order valence-electron chi connectivity index (χ4n) is 2.22. The van der Waals surface area contributed by atoms with Crippen molar-refractivity contribution in [2.75, 3.05) is 20.1 Å². The number of carbonyl (C=O) groups excluding carboxylic acids is 3. The maximum absolute atomic E-state index is 12.0. The number of hydrogen-bond donors (Lipinski definition) is 1. The first-order valence-corrected chi connectivity index (χ1v) is 8.30. The first-order chi connectivity index (χ1) is 11.5. The van der Waals surface area contributed by atoms with Crippen LogP contribution >= 0.6 is 0 Å². The summed E-state index contributed by atoms with van der Waals surface area (Å²) in [6, 6.07) is 1.64. The molecule has 1 rings (SSSR count). The van der Waals surface area contributed by atoms with E-state index in [9.17, 15) is 14.4 Å². The number of nitrogens with one attached hydrogen (secondary N) is 1. The van der Waals surface area contributed by atoms with E-state index in [0.29, 0.717) is 30.0 Å². The predicted octanol–water partition coefficient (Wildman–Crippen LogP) is 2.21. The second kappa shape index (κ2) is 8.69. The standard InChI is InChI=1S/C18H28N2O5/c1-12-10-14(13(2)24-12)17(23)19-11-15(21)20(6)9-7-8-16(22)25-18(3,4)5/h10H,7-9,11H2,1-6H3,(H,19,23). The smallest absolute Gasteiger partial charge is 0.306 e. The largest absolute Gasteiger partial charge is 0.466 e. The highest BCUT2D eigenvalue weighted by Gasteiger charge is 2.18. The molecule has 0 aliphatic carbocycles. The van der Waals surface area contributed by atoms with Crippen molar-refractivity contribution in [3.63, 3.8) is 0 Å². The lowest BCUT2D eigenvalue weighted by Crippen LogP contribution is -2.38. The minimum absolute atomic E-state index is 0.106. The SMILES string of the molecule is Cc1cc(C(=O)NCC(=O)N(C)CCCC(=O)OC(C)(C)C)c(C)o1. The summed E-state index contributed by atoms with van der Waals surface area (Å²) >= 11 is 0. The van der Waals surface area contributed by atoms with Crippen molar-refractivity contribution in [1.82, 2.24) is 10.2 Å². The monoisotopic (exact) mass is 352 g/mol. The highest BCUT2D eigenvalue weighted by molar-refractivity contribution is 5.97. The van der Waals surface area contributed by atoms with Gasteiger partial charge in [-0.1, -0.05) is 0 Å². The number of ether oxygens (including phenoxy) is 1. The van der Waals surface area contributed by atoms with Crippen LogP contribution in [0.3, 0.4) is 0 Å². The van der Waals surface area contributed by atoms with Gasteiger partial charge >= 0.3 is 5.97 Å². The third-order valence-electron chi connectivity index (χ3n) is 3.41. The van der Waals surface area contributed by atoms with Gasteiger partial charge in [0.1, 0.15) is 17.1 Å². The normalized spacial score (nSPS) is 11.1.